The molecular formula is C25H28N2O3S. The predicted molar refractivity (Wildman–Crippen MR) is 125 cm³/mol. The van der Waals surface area contributed by atoms with E-state index in [0.717, 1.165) is 11.1 Å². The second-order valence-corrected chi connectivity index (χ2v) is 10.1. The summed E-state index contributed by atoms with van der Waals surface area (Å²) in [6.45, 7) is 5.44. The van der Waals surface area contributed by atoms with Gasteiger partial charge >= 0.3 is 0 Å². The summed E-state index contributed by atoms with van der Waals surface area (Å²) in [6, 6.07) is 25.2. The minimum atomic E-state index is -3.91. The van der Waals surface area contributed by atoms with Crippen molar-refractivity contribution in [2.75, 3.05) is 10.8 Å². The molecular weight excluding hydrogens is 408 g/mol. The van der Waals surface area contributed by atoms with Crippen LogP contribution < -0.4 is 9.62 Å². The van der Waals surface area contributed by atoms with E-state index < -0.39 is 15.6 Å². The molecule has 0 heterocycles. The van der Waals surface area contributed by atoms with Crippen LogP contribution in [0.4, 0.5) is 5.69 Å². The first-order valence-electron chi connectivity index (χ1n) is 10.2. The minimum absolute atomic E-state index is 0.146. The van der Waals surface area contributed by atoms with Crippen LogP contribution in [0.1, 0.15) is 25.0 Å². The molecule has 0 saturated heterocycles. The molecule has 6 heteroatoms. The number of anilines is 1. The summed E-state index contributed by atoms with van der Waals surface area (Å²) in [5.74, 6) is -0.359. The maximum atomic E-state index is 13.4. The maximum Gasteiger partial charge on any atom is 0.264 e. The molecule has 0 unspecified atom stereocenters. The fourth-order valence-corrected chi connectivity index (χ4v) is 4.95. The van der Waals surface area contributed by atoms with Gasteiger partial charge in [0.2, 0.25) is 5.91 Å². The molecule has 162 valence electrons. The Balaban J connectivity index is 1.86. The van der Waals surface area contributed by atoms with Crippen LogP contribution in [0.25, 0.3) is 0 Å². The molecule has 0 bridgehead atoms. The number of carbonyl (C=O) groups is 1. The van der Waals surface area contributed by atoms with Gasteiger partial charge in [-0.1, -0.05) is 60.7 Å². The van der Waals surface area contributed by atoms with Gasteiger partial charge in [0, 0.05) is 5.54 Å². The molecule has 0 aromatic heterocycles. The van der Waals surface area contributed by atoms with Gasteiger partial charge < -0.3 is 5.32 Å². The lowest BCUT2D eigenvalue weighted by atomic mass is 9.95. The van der Waals surface area contributed by atoms with Crippen LogP contribution in [-0.4, -0.2) is 26.4 Å². The first-order valence-corrected chi connectivity index (χ1v) is 11.6. The Labute approximate surface area is 184 Å². The van der Waals surface area contributed by atoms with E-state index in [-0.39, 0.29) is 17.3 Å². The Morgan fingerprint density at radius 2 is 1.52 bits per heavy atom. The monoisotopic (exact) mass is 436 g/mol. The Kier molecular flexibility index (Phi) is 6.81. The van der Waals surface area contributed by atoms with Crippen molar-refractivity contribution in [1.29, 1.82) is 0 Å². The van der Waals surface area contributed by atoms with E-state index >= 15 is 0 Å². The molecule has 3 rings (SSSR count). The van der Waals surface area contributed by atoms with Crippen molar-refractivity contribution in [3.63, 3.8) is 0 Å². The van der Waals surface area contributed by atoms with Crippen LogP contribution in [0.3, 0.4) is 0 Å². The molecule has 0 saturated carbocycles. The number of benzene rings is 3. The Hall–Kier alpha value is -3.12. The third kappa shape index (κ3) is 5.95. The summed E-state index contributed by atoms with van der Waals surface area (Å²) in [5.41, 5.74) is 1.93. The minimum Gasteiger partial charge on any atom is -0.349 e. The summed E-state index contributed by atoms with van der Waals surface area (Å²) >= 11 is 0. The lowest BCUT2D eigenvalue weighted by Crippen LogP contribution is -2.50. The molecule has 0 aliphatic heterocycles. The smallest absolute Gasteiger partial charge is 0.264 e. The Morgan fingerprint density at radius 3 is 2.13 bits per heavy atom. The van der Waals surface area contributed by atoms with Crippen molar-refractivity contribution >= 4 is 21.6 Å². The summed E-state index contributed by atoms with van der Waals surface area (Å²) < 4.78 is 27.9. The molecule has 1 N–H and O–H groups in total. The molecule has 0 aliphatic carbocycles. The fraction of sp³-hybridized carbons (Fsp3) is 0.240. The van der Waals surface area contributed by atoms with Crippen LogP contribution in [-0.2, 0) is 21.2 Å². The molecule has 0 spiro atoms. The highest BCUT2D eigenvalue weighted by molar-refractivity contribution is 7.92. The highest BCUT2D eigenvalue weighted by Gasteiger charge is 2.29. The highest BCUT2D eigenvalue weighted by atomic mass is 32.2. The van der Waals surface area contributed by atoms with Gasteiger partial charge in [0.15, 0.2) is 0 Å². The van der Waals surface area contributed by atoms with E-state index in [1.54, 1.807) is 36.4 Å². The molecule has 5 nitrogen and oxygen atoms in total. The fourth-order valence-electron chi connectivity index (χ4n) is 3.52. The standard InChI is InChI=1S/C25H28N2O3S/c1-20-11-10-14-22(17-20)27(31(29,30)23-15-8-5-9-16-23)19-24(28)26-25(2,3)18-21-12-6-4-7-13-21/h4-17H,18-19H2,1-3H3,(H,26,28). The number of nitrogens with one attached hydrogen (secondary N) is 1. The largest absolute Gasteiger partial charge is 0.349 e. The van der Waals surface area contributed by atoms with Gasteiger partial charge in [0.05, 0.1) is 10.6 Å². The summed E-state index contributed by atoms with van der Waals surface area (Å²) in [7, 11) is -3.91. The summed E-state index contributed by atoms with van der Waals surface area (Å²) in [5, 5.41) is 3.00. The average molecular weight is 437 g/mol. The maximum absolute atomic E-state index is 13.4. The lowest BCUT2D eigenvalue weighted by molar-refractivity contribution is -0.121. The van der Waals surface area contributed by atoms with Gasteiger partial charge in [0.1, 0.15) is 6.54 Å². The molecule has 1 amide bonds. The van der Waals surface area contributed by atoms with Gasteiger partial charge in [-0.05, 0) is 62.6 Å². The quantitative estimate of drug-likeness (QED) is 0.572. The predicted octanol–water partition coefficient (Wildman–Crippen LogP) is 4.33. The molecule has 31 heavy (non-hydrogen) atoms. The lowest BCUT2D eigenvalue weighted by Gasteiger charge is -2.29. The van der Waals surface area contributed by atoms with Crippen LogP contribution in [0.5, 0.6) is 0 Å². The van der Waals surface area contributed by atoms with Crippen molar-refractivity contribution in [2.45, 2.75) is 37.6 Å². The van der Waals surface area contributed by atoms with E-state index in [4.69, 9.17) is 0 Å². The highest BCUT2D eigenvalue weighted by Crippen LogP contribution is 2.24. The second kappa shape index (κ2) is 9.35. The van der Waals surface area contributed by atoms with Gasteiger partial charge in [-0.25, -0.2) is 8.42 Å². The van der Waals surface area contributed by atoms with Crippen molar-refractivity contribution in [2.24, 2.45) is 0 Å². The van der Waals surface area contributed by atoms with Crippen molar-refractivity contribution in [1.82, 2.24) is 5.32 Å². The number of aryl methyl sites for hydroxylation is 1. The summed E-state index contributed by atoms with van der Waals surface area (Å²) in [4.78, 5) is 13.1. The third-order valence-corrected chi connectivity index (χ3v) is 6.66. The van der Waals surface area contributed by atoms with E-state index in [0.29, 0.717) is 12.1 Å². The average Bonchev–Trinajstić information content (AvgIpc) is 2.72. The van der Waals surface area contributed by atoms with E-state index in [1.165, 1.54) is 16.4 Å². The van der Waals surface area contributed by atoms with Crippen LogP contribution in [0.2, 0.25) is 0 Å². The van der Waals surface area contributed by atoms with Crippen LogP contribution in [0, 0.1) is 6.92 Å². The zero-order valence-electron chi connectivity index (χ0n) is 18.1. The molecule has 0 aliphatic rings. The number of carbonyl (C=O) groups excluding carboxylic acids is 1. The first-order chi connectivity index (χ1) is 14.7. The number of hydrogen-bond donors (Lipinski definition) is 1. The third-order valence-electron chi connectivity index (χ3n) is 4.87. The van der Waals surface area contributed by atoms with Crippen molar-refractivity contribution in [3.05, 3.63) is 96.1 Å². The molecule has 3 aromatic carbocycles. The molecule has 0 atom stereocenters. The number of hydrogen-bond acceptors (Lipinski definition) is 3. The Bertz CT molecular complexity index is 1130. The Morgan fingerprint density at radius 1 is 0.903 bits per heavy atom. The van der Waals surface area contributed by atoms with Gasteiger partial charge in [-0.3, -0.25) is 9.10 Å². The van der Waals surface area contributed by atoms with Gasteiger partial charge in [0.25, 0.3) is 10.0 Å². The van der Waals surface area contributed by atoms with E-state index in [2.05, 4.69) is 5.32 Å². The SMILES string of the molecule is Cc1cccc(N(CC(=O)NC(C)(C)Cc2ccccc2)S(=O)(=O)c2ccccc2)c1. The first kappa shape index (κ1) is 22.6. The van der Waals surface area contributed by atoms with Gasteiger partial charge in [-0.2, -0.15) is 0 Å². The van der Waals surface area contributed by atoms with E-state index in [9.17, 15) is 13.2 Å². The number of nitrogens with zero attached hydrogens (tertiary/aromatic N) is 1. The molecule has 0 radical (unpaired) electrons. The van der Waals surface area contributed by atoms with Crippen LogP contribution in [0.15, 0.2) is 89.8 Å². The summed E-state index contributed by atoms with van der Waals surface area (Å²) in [6.07, 6.45) is 0.634. The van der Waals surface area contributed by atoms with Crippen LogP contribution >= 0.6 is 0 Å². The number of amides is 1. The van der Waals surface area contributed by atoms with Crippen molar-refractivity contribution in [3.8, 4) is 0 Å². The zero-order chi connectivity index (χ0) is 22.5. The topological polar surface area (TPSA) is 66.5 Å². The molecule has 0 fully saturated rings. The number of rotatable bonds is 8. The number of sulfonamides is 1. The van der Waals surface area contributed by atoms with Gasteiger partial charge in [-0.15, -0.1) is 0 Å². The van der Waals surface area contributed by atoms with Crippen molar-refractivity contribution < 1.29 is 13.2 Å². The van der Waals surface area contributed by atoms with E-state index in [1.807, 2.05) is 57.2 Å². The molecule has 3 aromatic rings. The normalized spacial score (nSPS) is 11.7. The second-order valence-electron chi connectivity index (χ2n) is 8.26. The zero-order valence-corrected chi connectivity index (χ0v) is 18.9.